The largest absolute Gasteiger partial charge is 0.495 e. The highest BCUT2D eigenvalue weighted by Gasteiger charge is 2.23. The van der Waals surface area contributed by atoms with Gasteiger partial charge in [-0.05, 0) is 25.5 Å². The van der Waals surface area contributed by atoms with Gasteiger partial charge in [0.25, 0.3) is 0 Å². The number of anilines is 1. The summed E-state index contributed by atoms with van der Waals surface area (Å²) >= 11 is 6.05. The Morgan fingerprint density at radius 1 is 1.35 bits per heavy atom. The zero-order chi connectivity index (χ0) is 13.8. The maximum Gasteiger partial charge on any atom is 0.241 e. The van der Waals surface area contributed by atoms with Gasteiger partial charge in [0.2, 0.25) is 5.91 Å². The van der Waals surface area contributed by atoms with Gasteiger partial charge in [0.15, 0.2) is 0 Å². The van der Waals surface area contributed by atoms with Crippen LogP contribution in [0.15, 0.2) is 12.1 Å². The van der Waals surface area contributed by atoms with Crippen molar-refractivity contribution in [2.75, 3.05) is 26.1 Å². The van der Waals surface area contributed by atoms with Gasteiger partial charge >= 0.3 is 0 Å². The van der Waals surface area contributed by atoms with Gasteiger partial charge in [-0.25, -0.2) is 0 Å². The van der Waals surface area contributed by atoms with Gasteiger partial charge in [-0.2, -0.15) is 0 Å². The van der Waals surface area contributed by atoms with Crippen LogP contribution in [-0.2, 0) is 4.79 Å². The highest BCUT2D eigenvalue weighted by molar-refractivity contribution is 6.32. The van der Waals surface area contributed by atoms with E-state index in [0.29, 0.717) is 22.2 Å². The summed E-state index contributed by atoms with van der Waals surface area (Å²) in [6, 6.07) is 3.14. The minimum absolute atomic E-state index is 0. The van der Waals surface area contributed by atoms with Crippen molar-refractivity contribution in [2.45, 2.75) is 18.9 Å². The third-order valence-corrected chi connectivity index (χ3v) is 3.40. The highest BCUT2D eigenvalue weighted by atomic mass is 35.5. The average molecular weight is 321 g/mol. The van der Waals surface area contributed by atoms with E-state index >= 15 is 0 Å². The van der Waals surface area contributed by atoms with Crippen LogP contribution in [0, 0.1) is 0 Å². The first kappa shape index (κ1) is 16.9. The molecule has 20 heavy (non-hydrogen) atoms. The first-order chi connectivity index (χ1) is 9.15. The molecule has 7 heteroatoms. The van der Waals surface area contributed by atoms with Gasteiger partial charge in [-0.3, -0.25) is 4.79 Å². The molecule has 1 atom stereocenters. The molecular weight excluding hydrogens is 303 g/mol. The Hall–Kier alpha value is -1.17. The molecule has 1 fully saturated rings. The van der Waals surface area contributed by atoms with E-state index in [1.807, 2.05) is 0 Å². The first-order valence-corrected chi connectivity index (χ1v) is 6.49. The Kier molecular flexibility index (Phi) is 6.39. The van der Waals surface area contributed by atoms with Crippen molar-refractivity contribution in [3.63, 3.8) is 0 Å². The highest BCUT2D eigenvalue weighted by Crippen LogP contribution is 2.36. The van der Waals surface area contributed by atoms with E-state index in [2.05, 4.69) is 10.6 Å². The van der Waals surface area contributed by atoms with Gasteiger partial charge in [0.1, 0.15) is 11.5 Å². The van der Waals surface area contributed by atoms with E-state index in [9.17, 15) is 4.79 Å². The molecule has 1 amide bonds. The van der Waals surface area contributed by atoms with Gasteiger partial charge in [-0.15, -0.1) is 12.4 Å². The predicted molar refractivity (Wildman–Crippen MR) is 81.5 cm³/mol. The van der Waals surface area contributed by atoms with Crippen LogP contribution in [0.2, 0.25) is 5.02 Å². The van der Waals surface area contributed by atoms with Crippen LogP contribution in [-0.4, -0.2) is 32.7 Å². The third-order valence-electron chi connectivity index (χ3n) is 3.11. The Morgan fingerprint density at radius 3 is 2.60 bits per heavy atom. The fourth-order valence-electron chi connectivity index (χ4n) is 2.09. The number of halogens is 2. The number of ether oxygens (including phenoxy) is 2. The quantitative estimate of drug-likeness (QED) is 0.894. The van der Waals surface area contributed by atoms with Crippen LogP contribution in [0.25, 0.3) is 0 Å². The summed E-state index contributed by atoms with van der Waals surface area (Å²) < 4.78 is 10.3. The number of amides is 1. The second-order valence-corrected chi connectivity index (χ2v) is 4.73. The molecule has 1 saturated heterocycles. The third kappa shape index (κ3) is 3.69. The lowest BCUT2D eigenvalue weighted by Gasteiger charge is -2.15. The molecule has 0 aliphatic carbocycles. The van der Waals surface area contributed by atoms with E-state index in [4.69, 9.17) is 21.1 Å². The van der Waals surface area contributed by atoms with Crippen molar-refractivity contribution >= 4 is 35.6 Å². The Balaban J connectivity index is 0.00000200. The number of methoxy groups -OCH3 is 2. The summed E-state index contributed by atoms with van der Waals surface area (Å²) in [6.07, 6.45) is 1.86. The SMILES string of the molecule is COc1cc(OC)c(NC(=O)C2CCCN2)cc1Cl.Cl. The van der Waals surface area contributed by atoms with Gasteiger partial charge < -0.3 is 20.1 Å². The maximum absolute atomic E-state index is 12.0. The van der Waals surface area contributed by atoms with Crippen molar-refractivity contribution in [3.8, 4) is 11.5 Å². The fraction of sp³-hybridized carbons (Fsp3) is 0.462. The molecule has 1 unspecified atom stereocenters. The summed E-state index contributed by atoms with van der Waals surface area (Å²) in [7, 11) is 3.06. The number of benzene rings is 1. The minimum atomic E-state index is -0.148. The number of carbonyl (C=O) groups excluding carboxylic acids is 1. The molecule has 5 nitrogen and oxygen atoms in total. The zero-order valence-corrected chi connectivity index (χ0v) is 12.9. The molecular formula is C13H18Cl2N2O3. The number of hydrogen-bond donors (Lipinski definition) is 2. The van der Waals surface area contributed by atoms with Crippen LogP contribution in [0.4, 0.5) is 5.69 Å². The van der Waals surface area contributed by atoms with Crippen LogP contribution in [0.1, 0.15) is 12.8 Å². The monoisotopic (exact) mass is 320 g/mol. The summed E-state index contributed by atoms with van der Waals surface area (Å²) in [5.41, 5.74) is 0.548. The van der Waals surface area contributed by atoms with E-state index < -0.39 is 0 Å². The standard InChI is InChI=1S/C13H17ClN2O3.ClH/c1-18-11-7-12(19-2)10(6-8(11)14)16-13(17)9-4-3-5-15-9;/h6-7,9,15H,3-5H2,1-2H3,(H,16,17);1H. The molecule has 1 aromatic carbocycles. The molecule has 2 rings (SSSR count). The van der Waals surface area contributed by atoms with Crippen LogP contribution in [0.3, 0.4) is 0 Å². The summed E-state index contributed by atoms with van der Waals surface area (Å²) in [6.45, 7) is 0.874. The molecule has 0 saturated carbocycles. The number of nitrogens with one attached hydrogen (secondary N) is 2. The molecule has 1 heterocycles. The molecule has 1 aliphatic heterocycles. The smallest absolute Gasteiger partial charge is 0.241 e. The Morgan fingerprint density at radius 2 is 2.05 bits per heavy atom. The summed E-state index contributed by atoms with van der Waals surface area (Å²) in [5.74, 6) is 0.958. The van der Waals surface area contributed by atoms with Crippen molar-refractivity contribution in [1.29, 1.82) is 0 Å². The lowest BCUT2D eigenvalue weighted by atomic mass is 10.2. The Labute approximate surface area is 129 Å². The van der Waals surface area contributed by atoms with Crippen molar-refractivity contribution < 1.29 is 14.3 Å². The number of carbonyl (C=O) groups is 1. The topological polar surface area (TPSA) is 59.6 Å². The summed E-state index contributed by atoms with van der Waals surface area (Å²) in [5, 5.41) is 6.40. The van der Waals surface area contributed by atoms with Crippen molar-refractivity contribution in [1.82, 2.24) is 5.32 Å². The van der Waals surface area contributed by atoms with E-state index in [0.717, 1.165) is 19.4 Å². The number of rotatable bonds is 4. The Bertz CT molecular complexity index is 477. The molecule has 0 spiro atoms. The minimum Gasteiger partial charge on any atom is -0.495 e. The van der Waals surface area contributed by atoms with Crippen molar-refractivity contribution in [3.05, 3.63) is 17.2 Å². The lowest BCUT2D eigenvalue weighted by Crippen LogP contribution is -2.35. The van der Waals surface area contributed by atoms with Gasteiger partial charge in [0.05, 0.1) is 31.0 Å². The van der Waals surface area contributed by atoms with Gasteiger partial charge in [0, 0.05) is 6.07 Å². The van der Waals surface area contributed by atoms with Crippen molar-refractivity contribution in [2.24, 2.45) is 0 Å². The lowest BCUT2D eigenvalue weighted by molar-refractivity contribution is -0.117. The second-order valence-electron chi connectivity index (χ2n) is 4.33. The first-order valence-electron chi connectivity index (χ1n) is 6.11. The molecule has 0 bridgehead atoms. The molecule has 1 aromatic rings. The molecule has 1 aliphatic rings. The zero-order valence-electron chi connectivity index (χ0n) is 11.4. The van der Waals surface area contributed by atoms with Gasteiger partial charge in [-0.1, -0.05) is 11.6 Å². The normalized spacial score (nSPS) is 17.2. The molecule has 2 N–H and O–H groups in total. The van der Waals surface area contributed by atoms with E-state index in [-0.39, 0.29) is 24.4 Å². The second kappa shape index (κ2) is 7.57. The molecule has 112 valence electrons. The van der Waals surface area contributed by atoms with Crippen LogP contribution < -0.4 is 20.1 Å². The van der Waals surface area contributed by atoms with E-state index in [1.54, 1.807) is 12.1 Å². The predicted octanol–water partition coefficient (Wildman–Crippen LogP) is 2.47. The van der Waals surface area contributed by atoms with Crippen LogP contribution in [0.5, 0.6) is 11.5 Å². The summed E-state index contributed by atoms with van der Waals surface area (Å²) in [4.78, 5) is 12.0. The fourth-order valence-corrected chi connectivity index (χ4v) is 2.33. The average Bonchev–Trinajstić information content (AvgIpc) is 2.93. The molecule has 0 radical (unpaired) electrons. The number of hydrogen-bond acceptors (Lipinski definition) is 4. The molecule has 0 aromatic heterocycles. The van der Waals surface area contributed by atoms with Crippen LogP contribution >= 0.6 is 24.0 Å². The maximum atomic E-state index is 12.0. The van der Waals surface area contributed by atoms with E-state index in [1.165, 1.54) is 14.2 Å².